The summed E-state index contributed by atoms with van der Waals surface area (Å²) in [6.45, 7) is 0.405. The molecule has 2 aromatic heterocycles. The van der Waals surface area contributed by atoms with E-state index < -0.39 is 0 Å². The summed E-state index contributed by atoms with van der Waals surface area (Å²) in [7, 11) is 0. The van der Waals surface area contributed by atoms with Crippen molar-refractivity contribution in [3.05, 3.63) is 84.3 Å². The summed E-state index contributed by atoms with van der Waals surface area (Å²) in [6, 6.07) is 16.7. The summed E-state index contributed by atoms with van der Waals surface area (Å²) in [4.78, 5) is 20.3. The van der Waals surface area contributed by atoms with E-state index in [4.69, 9.17) is 4.74 Å². The van der Waals surface area contributed by atoms with Crippen LogP contribution in [0.25, 0.3) is 0 Å². The van der Waals surface area contributed by atoms with Gasteiger partial charge in [-0.3, -0.25) is 9.78 Å². The highest BCUT2D eigenvalue weighted by atomic mass is 16.5. The van der Waals surface area contributed by atoms with Gasteiger partial charge in [0.25, 0.3) is 5.91 Å². The molecule has 0 radical (unpaired) electrons. The molecule has 0 saturated carbocycles. The van der Waals surface area contributed by atoms with Crippen molar-refractivity contribution in [3.8, 4) is 5.75 Å². The van der Waals surface area contributed by atoms with Crippen molar-refractivity contribution in [2.75, 3.05) is 5.32 Å². The fourth-order valence-electron chi connectivity index (χ4n) is 2.01. The Kier molecular flexibility index (Phi) is 4.59. The number of anilines is 1. The van der Waals surface area contributed by atoms with Crippen LogP contribution in [0.4, 0.5) is 5.82 Å². The average molecular weight is 305 g/mol. The lowest BCUT2D eigenvalue weighted by Crippen LogP contribution is -2.14. The second-order valence-corrected chi connectivity index (χ2v) is 4.82. The maximum Gasteiger partial charge on any atom is 0.258 e. The van der Waals surface area contributed by atoms with Gasteiger partial charge in [0.05, 0.1) is 5.56 Å². The highest BCUT2D eigenvalue weighted by Gasteiger charge is 2.11. The van der Waals surface area contributed by atoms with Crippen LogP contribution < -0.4 is 10.1 Å². The molecule has 114 valence electrons. The van der Waals surface area contributed by atoms with E-state index in [-0.39, 0.29) is 5.91 Å². The van der Waals surface area contributed by atoms with Crippen LogP contribution in [-0.2, 0) is 6.61 Å². The molecule has 5 nitrogen and oxygen atoms in total. The van der Waals surface area contributed by atoms with Gasteiger partial charge < -0.3 is 10.1 Å². The van der Waals surface area contributed by atoms with Crippen LogP contribution >= 0.6 is 0 Å². The van der Waals surface area contributed by atoms with Crippen LogP contribution in [0.15, 0.2) is 73.2 Å². The Labute approximate surface area is 134 Å². The van der Waals surface area contributed by atoms with Crippen LogP contribution in [0.5, 0.6) is 5.75 Å². The summed E-state index contributed by atoms with van der Waals surface area (Å²) < 4.78 is 5.77. The lowest BCUT2D eigenvalue weighted by atomic mass is 10.2. The van der Waals surface area contributed by atoms with Crippen LogP contribution in [0.3, 0.4) is 0 Å². The third kappa shape index (κ3) is 3.91. The standard InChI is InChI=1S/C18H15N3O2/c22-18(15-8-4-10-19-12-15)21-17-16(9-5-11-20-17)23-13-14-6-2-1-3-7-14/h1-12H,13H2,(H,20,21,22). The monoisotopic (exact) mass is 305 g/mol. The molecule has 2 heterocycles. The second kappa shape index (κ2) is 7.17. The minimum Gasteiger partial charge on any atom is -0.485 e. The van der Waals surface area contributed by atoms with E-state index >= 15 is 0 Å². The van der Waals surface area contributed by atoms with Crippen molar-refractivity contribution >= 4 is 11.7 Å². The fraction of sp³-hybridized carbons (Fsp3) is 0.0556. The minimum atomic E-state index is -0.277. The minimum absolute atomic E-state index is 0.277. The van der Waals surface area contributed by atoms with Gasteiger partial charge in [-0.2, -0.15) is 0 Å². The number of carbonyl (C=O) groups is 1. The number of amides is 1. The number of hydrogen-bond acceptors (Lipinski definition) is 4. The molecule has 0 aliphatic carbocycles. The summed E-state index contributed by atoms with van der Waals surface area (Å²) in [5, 5.41) is 2.75. The predicted molar refractivity (Wildman–Crippen MR) is 87.2 cm³/mol. The molecule has 0 atom stereocenters. The van der Waals surface area contributed by atoms with Crippen molar-refractivity contribution in [2.24, 2.45) is 0 Å². The van der Waals surface area contributed by atoms with Crippen molar-refractivity contribution in [3.63, 3.8) is 0 Å². The fourth-order valence-corrected chi connectivity index (χ4v) is 2.01. The maximum absolute atomic E-state index is 12.2. The second-order valence-electron chi connectivity index (χ2n) is 4.82. The zero-order valence-electron chi connectivity index (χ0n) is 12.3. The Morgan fingerprint density at radius 2 is 1.83 bits per heavy atom. The molecule has 0 spiro atoms. The van der Waals surface area contributed by atoms with E-state index in [9.17, 15) is 4.79 Å². The molecular weight excluding hydrogens is 290 g/mol. The van der Waals surface area contributed by atoms with Crippen molar-refractivity contribution in [2.45, 2.75) is 6.61 Å². The summed E-state index contributed by atoms with van der Waals surface area (Å²) >= 11 is 0. The lowest BCUT2D eigenvalue weighted by molar-refractivity contribution is 0.102. The number of benzene rings is 1. The number of rotatable bonds is 5. The van der Waals surface area contributed by atoms with E-state index in [1.165, 1.54) is 6.20 Å². The predicted octanol–water partition coefficient (Wildman–Crippen LogP) is 3.31. The normalized spacial score (nSPS) is 10.1. The van der Waals surface area contributed by atoms with Crippen LogP contribution in [-0.4, -0.2) is 15.9 Å². The Balaban J connectivity index is 1.72. The van der Waals surface area contributed by atoms with Crippen LogP contribution in [0.2, 0.25) is 0 Å². The lowest BCUT2D eigenvalue weighted by Gasteiger charge is -2.11. The Bertz CT molecular complexity index is 777. The topological polar surface area (TPSA) is 64.1 Å². The first-order valence-electron chi connectivity index (χ1n) is 7.16. The number of aromatic nitrogens is 2. The van der Waals surface area contributed by atoms with Gasteiger partial charge in [-0.1, -0.05) is 30.3 Å². The first-order valence-corrected chi connectivity index (χ1v) is 7.16. The molecule has 0 aliphatic rings. The molecule has 3 aromatic rings. The first kappa shape index (κ1) is 14.7. The number of hydrogen-bond donors (Lipinski definition) is 1. The van der Waals surface area contributed by atoms with E-state index in [1.807, 2.05) is 30.3 Å². The third-order valence-corrected chi connectivity index (χ3v) is 3.16. The smallest absolute Gasteiger partial charge is 0.258 e. The van der Waals surface area contributed by atoms with Crippen molar-refractivity contribution < 1.29 is 9.53 Å². The van der Waals surface area contributed by atoms with Gasteiger partial charge in [-0.25, -0.2) is 4.98 Å². The summed E-state index contributed by atoms with van der Waals surface area (Å²) in [6.07, 6.45) is 4.73. The number of pyridine rings is 2. The molecule has 0 saturated heterocycles. The van der Waals surface area contributed by atoms with E-state index in [1.54, 1.807) is 36.7 Å². The quantitative estimate of drug-likeness (QED) is 0.785. The van der Waals surface area contributed by atoms with E-state index in [0.717, 1.165) is 5.56 Å². The van der Waals surface area contributed by atoms with Crippen LogP contribution in [0, 0.1) is 0 Å². The number of carbonyl (C=O) groups excluding carboxylic acids is 1. The van der Waals surface area contributed by atoms with Gasteiger partial charge >= 0.3 is 0 Å². The van der Waals surface area contributed by atoms with Gasteiger partial charge in [-0.05, 0) is 29.8 Å². The Hall–Kier alpha value is -3.21. The number of ether oxygens (including phenoxy) is 1. The number of nitrogens with zero attached hydrogens (tertiary/aromatic N) is 2. The molecule has 23 heavy (non-hydrogen) atoms. The third-order valence-electron chi connectivity index (χ3n) is 3.16. The van der Waals surface area contributed by atoms with Gasteiger partial charge in [-0.15, -0.1) is 0 Å². The molecule has 0 bridgehead atoms. The summed E-state index contributed by atoms with van der Waals surface area (Å²) in [5.74, 6) is 0.632. The zero-order valence-corrected chi connectivity index (χ0v) is 12.3. The van der Waals surface area contributed by atoms with E-state index in [0.29, 0.717) is 23.7 Å². The average Bonchev–Trinajstić information content (AvgIpc) is 2.62. The van der Waals surface area contributed by atoms with Crippen LogP contribution in [0.1, 0.15) is 15.9 Å². The number of nitrogens with one attached hydrogen (secondary N) is 1. The first-order chi connectivity index (χ1) is 11.3. The van der Waals surface area contributed by atoms with Gasteiger partial charge in [0, 0.05) is 18.6 Å². The van der Waals surface area contributed by atoms with Gasteiger partial charge in [0.2, 0.25) is 0 Å². The molecule has 0 aliphatic heterocycles. The molecule has 0 unspecified atom stereocenters. The van der Waals surface area contributed by atoms with Crippen molar-refractivity contribution in [1.29, 1.82) is 0 Å². The summed E-state index contributed by atoms with van der Waals surface area (Å²) in [5.41, 5.74) is 1.51. The van der Waals surface area contributed by atoms with Gasteiger partial charge in [0.15, 0.2) is 11.6 Å². The van der Waals surface area contributed by atoms with Gasteiger partial charge in [0.1, 0.15) is 6.61 Å². The molecule has 1 N–H and O–H groups in total. The Morgan fingerprint density at radius 3 is 2.61 bits per heavy atom. The zero-order chi connectivity index (χ0) is 15.9. The molecule has 1 aromatic carbocycles. The largest absolute Gasteiger partial charge is 0.485 e. The maximum atomic E-state index is 12.2. The highest BCUT2D eigenvalue weighted by molar-refractivity contribution is 6.04. The highest BCUT2D eigenvalue weighted by Crippen LogP contribution is 2.22. The molecular formula is C18H15N3O2. The molecule has 0 fully saturated rings. The van der Waals surface area contributed by atoms with Crippen molar-refractivity contribution in [1.82, 2.24) is 9.97 Å². The Morgan fingerprint density at radius 1 is 1.00 bits per heavy atom. The molecule has 1 amide bonds. The molecule has 5 heteroatoms. The molecule has 3 rings (SSSR count). The SMILES string of the molecule is O=C(Nc1ncccc1OCc1ccccc1)c1cccnc1. The van der Waals surface area contributed by atoms with E-state index in [2.05, 4.69) is 15.3 Å².